The molecule has 0 aliphatic rings. The van der Waals surface area contributed by atoms with E-state index in [2.05, 4.69) is 141 Å². The fourth-order valence-electron chi connectivity index (χ4n) is 4.82. The zero-order valence-electron chi connectivity index (χ0n) is 19.4. The first kappa shape index (κ1) is 26.5. The molecule has 0 nitrogen and oxygen atoms in total. The molecule has 0 bridgehead atoms. The Morgan fingerprint density at radius 3 is 1.11 bits per heavy atom. The van der Waals surface area contributed by atoms with Gasteiger partial charge < -0.3 is 0 Å². The van der Waals surface area contributed by atoms with Crippen molar-refractivity contribution in [3.8, 4) is 19.5 Å². The normalized spacial score (nSPS) is 12.5. The standard InChI is InChI=1S/C28H12I4S6/c1-9-3-5-11-13(7-9)33-21-15(29)23(35-19(11)21)25-17(31)27-28(37-25)18(32)26(38-27)24-16(30)22-20(36-24)12-6-4-10(2)8-14(12)34-22/h3-8H,1-2H3. The third kappa shape index (κ3) is 3.86. The van der Waals surface area contributed by atoms with E-state index in [1.807, 2.05) is 68.0 Å². The van der Waals surface area contributed by atoms with E-state index >= 15 is 0 Å². The summed E-state index contributed by atoms with van der Waals surface area (Å²) in [6.45, 7) is 4.37. The molecular weight excluding hydrogens is 1040 g/mol. The van der Waals surface area contributed by atoms with Gasteiger partial charge >= 0.3 is 0 Å². The minimum Gasteiger partial charge on any atom is -0.133 e. The molecule has 38 heavy (non-hydrogen) atoms. The number of hydrogen-bond donors (Lipinski definition) is 0. The molecule has 0 unspecified atom stereocenters. The molecule has 0 amide bonds. The highest BCUT2D eigenvalue weighted by atomic mass is 127. The van der Waals surface area contributed by atoms with Gasteiger partial charge in [0.25, 0.3) is 0 Å². The lowest BCUT2D eigenvalue weighted by Gasteiger charge is -1.99. The molecule has 0 aliphatic heterocycles. The van der Waals surface area contributed by atoms with Gasteiger partial charge in [-0.3, -0.25) is 0 Å². The van der Waals surface area contributed by atoms with Crippen LogP contribution in [0.25, 0.3) is 67.9 Å². The molecule has 188 valence electrons. The van der Waals surface area contributed by atoms with Crippen LogP contribution in [0.3, 0.4) is 0 Å². The van der Waals surface area contributed by atoms with Crippen LogP contribution >= 0.6 is 158 Å². The van der Waals surface area contributed by atoms with Crippen LogP contribution in [-0.2, 0) is 0 Å². The minimum atomic E-state index is 1.34. The second-order valence-corrected chi connectivity index (χ2v) is 19.7. The molecule has 2 aromatic carbocycles. The topological polar surface area (TPSA) is 0 Å². The number of hydrogen-bond acceptors (Lipinski definition) is 6. The highest BCUT2D eigenvalue weighted by Gasteiger charge is 2.27. The quantitative estimate of drug-likeness (QED) is 0.151. The van der Waals surface area contributed by atoms with Crippen molar-refractivity contribution in [3.05, 3.63) is 61.8 Å². The summed E-state index contributed by atoms with van der Waals surface area (Å²) in [6.07, 6.45) is 0. The predicted octanol–water partition coefficient (Wildman–Crippen LogP) is 14.2. The van der Waals surface area contributed by atoms with Gasteiger partial charge in [-0.2, -0.15) is 0 Å². The Labute approximate surface area is 297 Å². The summed E-state index contributed by atoms with van der Waals surface area (Å²) in [7, 11) is 0. The summed E-state index contributed by atoms with van der Waals surface area (Å²) < 4.78 is 17.2. The molecular formula is C28H12I4S6. The van der Waals surface area contributed by atoms with Gasteiger partial charge in [-0.25, -0.2) is 0 Å². The number of thiophene rings is 6. The maximum absolute atomic E-state index is 2.61. The first-order chi connectivity index (χ1) is 18.3. The molecule has 0 spiro atoms. The summed E-state index contributed by atoms with van der Waals surface area (Å²) in [6, 6.07) is 13.8. The van der Waals surface area contributed by atoms with Crippen molar-refractivity contribution in [1.82, 2.24) is 0 Å². The van der Waals surface area contributed by atoms with Gasteiger partial charge in [0.15, 0.2) is 0 Å². The van der Waals surface area contributed by atoms with E-state index in [4.69, 9.17) is 0 Å². The van der Waals surface area contributed by atoms with Crippen LogP contribution in [-0.4, -0.2) is 0 Å². The average Bonchev–Trinajstić information content (AvgIpc) is 3.69. The summed E-state index contributed by atoms with van der Waals surface area (Å²) >= 11 is 22.2. The molecule has 0 radical (unpaired) electrons. The summed E-state index contributed by atoms with van der Waals surface area (Å²) in [4.78, 5) is 5.77. The highest BCUT2D eigenvalue weighted by molar-refractivity contribution is 14.1. The predicted molar refractivity (Wildman–Crippen MR) is 212 cm³/mol. The van der Waals surface area contributed by atoms with E-state index in [9.17, 15) is 0 Å². The van der Waals surface area contributed by atoms with Crippen molar-refractivity contribution in [2.45, 2.75) is 13.8 Å². The van der Waals surface area contributed by atoms with Crippen molar-refractivity contribution in [2.24, 2.45) is 0 Å². The maximum atomic E-state index is 2.61. The average molecular weight is 1050 g/mol. The van der Waals surface area contributed by atoms with Crippen molar-refractivity contribution in [2.75, 3.05) is 0 Å². The molecule has 0 fully saturated rings. The van der Waals surface area contributed by atoms with Crippen molar-refractivity contribution in [1.29, 1.82) is 0 Å². The van der Waals surface area contributed by atoms with Crippen LogP contribution in [0.1, 0.15) is 11.1 Å². The van der Waals surface area contributed by atoms with Crippen LogP contribution in [0.2, 0.25) is 0 Å². The van der Waals surface area contributed by atoms with Crippen molar-refractivity contribution >= 4 is 207 Å². The van der Waals surface area contributed by atoms with Gasteiger partial charge in [-0.15, -0.1) is 68.0 Å². The molecule has 8 aromatic rings. The Morgan fingerprint density at radius 2 is 0.737 bits per heavy atom. The van der Waals surface area contributed by atoms with Crippen LogP contribution in [0.15, 0.2) is 36.4 Å². The Balaban J connectivity index is 1.28. The lowest BCUT2D eigenvalue weighted by Crippen LogP contribution is -1.74. The van der Waals surface area contributed by atoms with E-state index in [1.54, 1.807) is 0 Å². The number of halogens is 4. The van der Waals surface area contributed by atoms with E-state index in [-0.39, 0.29) is 0 Å². The van der Waals surface area contributed by atoms with Gasteiger partial charge in [0, 0.05) is 20.2 Å². The lowest BCUT2D eigenvalue weighted by molar-refractivity contribution is 1.52. The van der Waals surface area contributed by atoms with E-state index < -0.39 is 0 Å². The van der Waals surface area contributed by atoms with Gasteiger partial charge in [-0.1, -0.05) is 24.3 Å². The molecule has 0 saturated heterocycles. The van der Waals surface area contributed by atoms with Crippen molar-refractivity contribution in [3.63, 3.8) is 0 Å². The van der Waals surface area contributed by atoms with Gasteiger partial charge in [-0.05, 0) is 127 Å². The second-order valence-electron chi connectivity index (χ2n) is 9.16. The molecule has 6 aromatic heterocycles. The maximum Gasteiger partial charge on any atom is 0.0609 e. The molecule has 10 heteroatoms. The first-order valence-corrected chi connectivity index (χ1v) is 20.6. The molecule has 0 saturated carbocycles. The highest BCUT2D eigenvalue weighted by Crippen LogP contribution is 2.56. The van der Waals surface area contributed by atoms with Gasteiger partial charge in [0.05, 0.1) is 62.0 Å². The summed E-state index contributed by atoms with van der Waals surface area (Å²) in [5, 5.41) is 2.81. The zero-order valence-corrected chi connectivity index (χ0v) is 33.0. The Hall–Kier alpha value is 0.860. The summed E-state index contributed by atoms with van der Waals surface area (Å²) in [5.41, 5.74) is 2.67. The molecule has 8 rings (SSSR count). The largest absolute Gasteiger partial charge is 0.133 e. The van der Waals surface area contributed by atoms with E-state index in [1.165, 1.54) is 93.3 Å². The SMILES string of the molecule is Cc1ccc2c(c1)sc1c(I)c(-c3sc4c(I)c(-c5sc6c(sc7cc(C)ccc76)c5I)sc4c3I)sc12. The number of benzene rings is 2. The number of fused-ring (bicyclic) bond motifs is 7. The van der Waals surface area contributed by atoms with Crippen LogP contribution < -0.4 is 0 Å². The molecule has 0 atom stereocenters. The molecule has 0 aliphatic carbocycles. The number of rotatable bonds is 2. The first-order valence-electron chi connectivity index (χ1n) is 11.4. The van der Waals surface area contributed by atoms with Crippen molar-refractivity contribution < 1.29 is 0 Å². The molecule has 6 heterocycles. The fourth-order valence-corrected chi connectivity index (χ4v) is 19.1. The Kier molecular flexibility index (Phi) is 6.75. The molecule has 0 N–H and O–H groups in total. The Morgan fingerprint density at radius 1 is 0.421 bits per heavy atom. The summed E-state index contributed by atoms with van der Waals surface area (Å²) in [5.74, 6) is 0. The lowest BCUT2D eigenvalue weighted by atomic mass is 10.2. The monoisotopic (exact) mass is 1050 g/mol. The number of aryl methyl sites for hydroxylation is 2. The second kappa shape index (κ2) is 9.69. The van der Waals surface area contributed by atoms with E-state index in [0.29, 0.717) is 0 Å². The minimum absolute atomic E-state index is 1.34. The van der Waals surface area contributed by atoms with Crippen LogP contribution in [0.4, 0.5) is 0 Å². The van der Waals surface area contributed by atoms with Crippen LogP contribution in [0, 0.1) is 28.1 Å². The van der Waals surface area contributed by atoms with Gasteiger partial charge in [0.2, 0.25) is 0 Å². The van der Waals surface area contributed by atoms with Gasteiger partial charge in [0.1, 0.15) is 0 Å². The Bertz CT molecular complexity index is 2100. The van der Waals surface area contributed by atoms with E-state index in [0.717, 1.165) is 0 Å². The third-order valence-electron chi connectivity index (χ3n) is 6.63. The zero-order chi connectivity index (χ0) is 26.0. The fraction of sp³-hybridized carbons (Fsp3) is 0.0714. The third-order valence-corrected chi connectivity index (χ3v) is 21.8. The smallest absolute Gasteiger partial charge is 0.0609 e. The van der Waals surface area contributed by atoms with Crippen LogP contribution in [0.5, 0.6) is 0 Å².